The number of methoxy groups -OCH3 is 1. The standard InChI is InChI=1S/2C10H12.C10H10.C3H9N.C3H8O.C3H8/c3*1-8-6-7-9-4-2-3-5-10(8)9;2*1-3-4-2;1-3-2/h2*2-5,8H,6-7H2,1H3;4-5,8H,6-7H2,1H3;4H,3H2,1-2H3;3H2,1-2H3;3H2,1-2H3. The normalized spacial score (nSPS) is 18.3. The number of rotatable bonds is 2. The van der Waals surface area contributed by atoms with Crippen molar-refractivity contribution in [1.29, 1.82) is 0 Å². The molecular formula is C39H59NO. The van der Waals surface area contributed by atoms with Gasteiger partial charge in [0.2, 0.25) is 0 Å². The molecule has 226 valence electrons. The molecule has 0 amide bonds. The van der Waals surface area contributed by atoms with Gasteiger partial charge in [-0.2, -0.15) is 0 Å². The fourth-order valence-corrected chi connectivity index (χ4v) is 5.17. The smallest absolute Gasteiger partial charge is 0.0433 e. The second-order valence-corrected chi connectivity index (χ2v) is 11.3. The van der Waals surface area contributed by atoms with Crippen LogP contribution in [0, 0.1) is 12.1 Å². The van der Waals surface area contributed by atoms with Crippen LogP contribution >= 0.6 is 0 Å². The van der Waals surface area contributed by atoms with Gasteiger partial charge in [0.1, 0.15) is 0 Å². The van der Waals surface area contributed by atoms with Crippen LogP contribution in [0.25, 0.3) is 0 Å². The van der Waals surface area contributed by atoms with E-state index in [0.717, 1.165) is 30.9 Å². The summed E-state index contributed by atoms with van der Waals surface area (Å²) in [5.41, 5.74) is 9.24. The fourth-order valence-electron chi connectivity index (χ4n) is 5.17. The molecule has 3 aliphatic carbocycles. The molecule has 0 heterocycles. The maximum absolute atomic E-state index is 4.54. The molecule has 3 unspecified atom stereocenters. The Morgan fingerprint density at radius 2 is 1.02 bits per heavy atom. The molecule has 0 fully saturated rings. The number of hydrogen-bond acceptors (Lipinski definition) is 2. The van der Waals surface area contributed by atoms with E-state index in [1.54, 1.807) is 29.4 Å². The lowest BCUT2D eigenvalue weighted by Crippen LogP contribution is -2.01. The Bertz CT molecular complexity index is 923. The third kappa shape index (κ3) is 13.3. The van der Waals surface area contributed by atoms with Crippen molar-refractivity contribution < 1.29 is 4.74 Å². The van der Waals surface area contributed by atoms with Gasteiger partial charge in [-0.05, 0) is 122 Å². The van der Waals surface area contributed by atoms with E-state index in [9.17, 15) is 0 Å². The first kappa shape index (κ1) is 36.4. The molecule has 0 spiro atoms. The third-order valence-electron chi connectivity index (χ3n) is 7.81. The van der Waals surface area contributed by atoms with Gasteiger partial charge in [-0.25, -0.2) is 0 Å². The Morgan fingerprint density at radius 3 is 1.39 bits per heavy atom. The van der Waals surface area contributed by atoms with E-state index in [1.807, 2.05) is 14.0 Å². The Morgan fingerprint density at radius 1 is 0.659 bits per heavy atom. The van der Waals surface area contributed by atoms with Crippen LogP contribution < -0.4 is 5.32 Å². The van der Waals surface area contributed by atoms with Crippen molar-refractivity contribution in [3.05, 3.63) is 106 Å². The lowest BCUT2D eigenvalue weighted by atomic mass is 10.0. The molecule has 0 saturated carbocycles. The van der Waals surface area contributed by atoms with Gasteiger partial charge in [0.25, 0.3) is 0 Å². The molecule has 1 N–H and O–H groups in total. The van der Waals surface area contributed by atoms with Crippen molar-refractivity contribution in [2.24, 2.45) is 0 Å². The van der Waals surface area contributed by atoms with Crippen molar-refractivity contribution in [3.8, 4) is 0 Å². The summed E-state index contributed by atoms with van der Waals surface area (Å²) in [5.74, 6) is 2.35. The highest BCUT2D eigenvalue weighted by molar-refractivity contribution is 5.35. The largest absolute Gasteiger partial charge is 0.385 e. The molecule has 3 aromatic rings. The van der Waals surface area contributed by atoms with E-state index in [2.05, 4.69) is 124 Å². The Labute approximate surface area is 254 Å². The quantitative estimate of drug-likeness (QED) is 0.338. The van der Waals surface area contributed by atoms with Crippen molar-refractivity contribution in [2.45, 2.75) is 111 Å². The molecule has 3 atom stereocenters. The van der Waals surface area contributed by atoms with Crippen molar-refractivity contribution in [3.63, 3.8) is 0 Å². The summed E-state index contributed by atoms with van der Waals surface area (Å²) >= 11 is 0. The number of ether oxygens (including phenoxy) is 1. The van der Waals surface area contributed by atoms with Crippen LogP contribution in [0.1, 0.15) is 125 Å². The van der Waals surface area contributed by atoms with Gasteiger partial charge >= 0.3 is 0 Å². The fraction of sp³-hybridized carbons (Fsp3) is 0.538. The van der Waals surface area contributed by atoms with Gasteiger partial charge in [-0.3, -0.25) is 0 Å². The number of nitrogens with one attached hydrogen (secondary N) is 1. The summed E-state index contributed by atoms with van der Waals surface area (Å²) in [6.07, 6.45) is 9.07. The maximum atomic E-state index is 4.54. The Balaban J connectivity index is 0.000000262. The van der Waals surface area contributed by atoms with Gasteiger partial charge in [0.05, 0.1) is 0 Å². The van der Waals surface area contributed by atoms with Crippen molar-refractivity contribution in [2.75, 3.05) is 27.3 Å². The monoisotopic (exact) mass is 557 g/mol. The Kier molecular flexibility index (Phi) is 19.6. The zero-order valence-electron chi connectivity index (χ0n) is 27.8. The summed E-state index contributed by atoms with van der Waals surface area (Å²) < 4.78 is 4.54. The van der Waals surface area contributed by atoms with Crippen molar-refractivity contribution >= 4 is 0 Å². The highest BCUT2D eigenvalue weighted by Gasteiger charge is 2.18. The summed E-state index contributed by atoms with van der Waals surface area (Å²) in [7, 11) is 3.61. The second-order valence-electron chi connectivity index (χ2n) is 11.3. The molecule has 0 radical (unpaired) electrons. The van der Waals surface area contributed by atoms with Gasteiger partial charge < -0.3 is 10.1 Å². The lowest BCUT2D eigenvalue weighted by Gasteiger charge is -2.01. The van der Waals surface area contributed by atoms with Crippen LogP contribution in [0.5, 0.6) is 0 Å². The zero-order chi connectivity index (χ0) is 30.5. The summed E-state index contributed by atoms with van der Waals surface area (Å²) in [6.45, 7) is 17.1. The number of hydrogen-bond donors (Lipinski definition) is 1. The van der Waals surface area contributed by atoms with Crippen LogP contribution in [-0.2, 0) is 24.0 Å². The minimum atomic E-state index is 0.751. The van der Waals surface area contributed by atoms with E-state index in [4.69, 9.17) is 0 Å². The number of fused-ring (bicyclic) bond motifs is 3. The molecule has 0 aromatic heterocycles. The molecule has 3 aromatic carbocycles. The van der Waals surface area contributed by atoms with Gasteiger partial charge in [0.15, 0.2) is 0 Å². The van der Waals surface area contributed by atoms with E-state index < -0.39 is 0 Å². The van der Waals surface area contributed by atoms with Crippen LogP contribution in [0.15, 0.2) is 60.7 Å². The molecule has 41 heavy (non-hydrogen) atoms. The number of aryl methyl sites for hydroxylation is 3. The van der Waals surface area contributed by atoms with E-state index in [1.165, 1.54) is 56.1 Å². The molecule has 6 rings (SSSR count). The first-order valence-corrected chi connectivity index (χ1v) is 16.1. The molecule has 2 heteroatoms. The first-order chi connectivity index (χ1) is 19.9. The zero-order valence-corrected chi connectivity index (χ0v) is 27.8. The third-order valence-corrected chi connectivity index (χ3v) is 7.81. The SMILES string of the molecule is CC1CCc2cc#ccc21.CC1CCc2ccccc21.CC1CCc2ccccc21.CCC.CCNC.CCOC. The van der Waals surface area contributed by atoms with Crippen LogP contribution in [0.2, 0.25) is 0 Å². The number of benzene rings is 2. The van der Waals surface area contributed by atoms with Crippen LogP contribution in [-0.4, -0.2) is 27.3 Å². The second kappa shape index (κ2) is 22.1. The van der Waals surface area contributed by atoms with Crippen LogP contribution in [0.3, 0.4) is 0 Å². The predicted molar refractivity (Wildman–Crippen MR) is 180 cm³/mol. The van der Waals surface area contributed by atoms with E-state index >= 15 is 0 Å². The lowest BCUT2D eigenvalue weighted by molar-refractivity contribution is 0.215. The summed E-state index contributed by atoms with van der Waals surface area (Å²) in [4.78, 5) is 0. The average Bonchev–Trinajstić information content (AvgIpc) is 3.71. The predicted octanol–water partition coefficient (Wildman–Crippen LogP) is 10.1. The highest BCUT2D eigenvalue weighted by atomic mass is 16.5. The van der Waals surface area contributed by atoms with Gasteiger partial charge in [0, 0.05) is 13.7 Å². The first-order valence-electron chi connectivity index (χ1n) is 16.1. The topological polar surface area (TPSA) is 21.3 Å². The highest BCUT2D eigenvalue weighted by Crippen LogP contribution is 2.33. The molecule has 0 bridgehead atoms. The van der Waals surface area contributed by atoms with Gasteiger partial charge in [-0.1, -0.05) is 109 Å². The molecule has 2 nitrogen and oxygen atoms in total. The maximum Gasteiger partial charge on any atom is 0.0433 e. The van der Waals surface area contributed by atoms with Crippen LogP contribution in [0.4, 0.5) is 0 Å². The average molecular weight is 558 g/mol. The van der Waals surface area contributed by atoms with E-state index in [-0.39, 0.29) is 0 Å². The minimum Gasteiger partial charge on any atom is -0.385 e. The molecule has 3 aliphatic rings. The van der Waals surface area contributed by atoms with Gasteiger partial charge in [-0.15, -0.1) is 0 Å². The summed E-state index contributed by atoms with van der Waals surface area (Å²) in [6, 6.07) is 27.7. The molecule has 0 aliphatic heterocycles. The molecular weight excluding hydrogens is 498 g/mol. The Hall–Kier alpha value is -2.60. The minimum absolute atomic E-state index is 0.751. The molecule has 0 saturated heterocycles. The summed E-state index contributed by atoms with van der Waals surface area (Å²) in [5, 5.41) is 2.93. The van der Waals surface area contributed by atoms with E-state index in [0.29, 0.717) is 0 Å². The van der Waals surface area contributed by atoms with Crippen molar-refractivity contribution in [1.82, 2.24) is 5.32 Å².